The Morgan fingerprint density at radius 3 is 2.00 bits per heavy atom. The maximum Gasteiger partial charge on any atom is 0.120 e. The molecule has 0 radical (unpaired) electrons. The molecule has 4 rings (SSSR count). The molecule has 0 heterocycles. The molecule has 4 aromatic rings. The normalized spacial score (nSPS) is 10.8. The summed E-state index contributed by atoms with van der Waals surface area (Å²) in [6, 6.07) is 38.8. The highest BCUT2D eigenvalue weighted by molar-refractivity contribution is 5.81. The van der Waals surface area contributed by atoms with Gasteiger partial charge < -0.3 is 4.74 Å². The molecule has 0 aliphatic heterocycles. The summed E-state index contributed by atoms with van der Waals surface area (Å²) in [5, 5.41) is 6.78. The van der Waals surface area contributed by atoms with Crippen LogP contribution in [0.5, 0.6) is 5.75 Å². The zero-order chi connectivity index (χ0) is 20.4. The van der Waals surface area contributed by atoms with Gasteiger partial charge in [-0.2, -0.15) is 5.10 Å². The van der Waals surface area contributed by atoms with E-state index in [0.29, 0.717) is 13.2 Å². The van der Waals surface area contributed by atoms with Crippen molar-refractivity contribution in [1.82, 2.24) is 0 Å². The van der Waals surface area contributed by atoms with E-state index in [0.717, 1.165) is 22.6 Å². The first-order valence-corrected chi connectivity index (χ1v) is 10.0. The molecule has 0 fully saturated rings. The molecule has 0 aliphatic rings. The number of hydrazone groups is 1. The summed E-state index contributed by atoms with van der Waals surface area (Å²) in [7, 11) is 0. The largest absolute Gasteiger partial charge is 0.489 e. The van der Waals surface area contributed by atoms with Gasteiger partial charge in [-0.05, 0) is 41.0 Å². The lowest BCUT2D eigenvalue weighted by Crippen LogP contribution is -2.16. The van der Waals surface area contributed by atoms with E-state index in [1.165, 1.54) is 5.56 Å². The summed E-state index contributed by atoms with van der Waals surface area (Å²) >= 11 is 0. The molecule has 0 unspecified atom stereocenters. The third kappa shape index (κ3) is 5.58. The molecule has 0 saturated carbocycles. The lowest BCUT2D eigenvalue weighted by molar-refractivity contribution is 0.306. The molecule has 30 heavy (non-hydrogen) atoms. The van der Waals surface area contributed by atoms with E-state index in [-0.39, 0.29) is 0 Å². The lowest BCUT2D eigenvalue weighted by Gasteiger charge is -2.19. The molecule has 0 amide bonds. The van der Waals surface area contributed by atoms with Crippen LogP contribution in [0.1, 0.15) is 16.7 Å². The maximum atomic E-state index is 5.94. The maximum absolute atomic E-state index is 5.94. The van der Waals surface area contributed by atoms with E-state index in [4.69, 9.17) is 9.84 Å². The van der Waals surface area contributed by atoms with E-state index in [9.17, 15) is 0 Å². The number of rotatable bonds is 8. The Morgan fingerprint density at radius 1 is 0.667 bits per heavy atom. The molecule has 0 saturated heterocycles. The topological polar surface area (TPSA) is 24.8 Å². The molecular formula is C27H24N2O. The number of anilines is 1. The fourth-order valence-electron chi connectivity index (χ4n) is 3.12. The van der Waals surface area contributed by atoms with Crippen LogP contribution in [0.15, 0.2) is 120 Å². The van der Waals surface area contributed by atoms with E-state index in [1.807, 2.05) is 78.0 Å². The van der Waals surface area contributed by atoms with Crippen molar-refractivity contribution in [2.45, 2.75) is 13.2 Å². The molecule has 0 atom stereocenters. The van der Waals surface area contributed by atoms with Gasteiger partial charge >= 0.3 is 0 Å². The number of nitrogens with zero attached hydrogens (tertiary/aromatic N) is 2. The highest BCUT2D eigenvalue weighted by Gasteiger charge is 2.05. The van der Waals surface area contributed by atoms with Crippen molar-refractivity contribution >= 4 is 11.9 Å². The fraction of sp³-hybridized carbons (Fsp3) is 0.0741. The summed E-state index contributed by atoms with van der Waals surface area (Å²) in [5.41, 5.74) is 4.40. The first-order chi connectivity index (χ1) is 14.9. The monoisotopic (exact) mass is 392 g/mol. The molecule has 3 nitrogen and oxygen atoms in total. The summed E-state index contributed by atoms with van der Waals surface area (Å²) < 4.78 is 5.94. The predicted octanol–water partition coefficient (Wildman–Crippen LogP) is 6.31. The van der Waals surface area contributed by atoms with Crippen molar-refractivity contribution < 1.29 is 4.74 Å². The molecule has 3 heteroatoms. The van der Waals surface area contributed by atoms with Gasteiger partial charge in [-0.1, -0.05) is 91.0 Å². The Hall–Kier alpha value is -3.85. The second kappa shape index (κ2) is 10.1. The van der Waals surface area contributed by atoms with Crippen LogP contribution in [0.2, 0.25) is 0 Å². The Morgan fingerprint density at radius 2 is 1.30 bits per heavy atom. The molecule has 0 bridgehead atoms. The van der Waals surface area contributed by atoms with Gasteiger partial charge in [0, 0.05) is 0 Å². The molecule has 0 spiro atoms. The Kier molecular flexibility index (Phi) is 6.54. The average molecular weight is 393 g/mol. The van der Waals surface area contributed by atoms with Gasteiger partial charge in [0.05, 0.1) is 18.4 Å². The number of para-hydroxylation sites is 1. The van der Waals surface area contributed by atoms with Gasteiger partial charge in [0.25, 0.3) is 0 Å². The third-order valence-electron chi connectivity index (χ3n) is 4.68. The van der Waals surface area contributed by atoms with E-state index < -0.39 is 0 Å². The summed E-state index contributed by atoms with van der Waals surface area (Å²) in [4.78, 5) is 0. The van der Waals surface area contributed by atoms with Crippen LogP contribution < -0.4 is 9.75 Å². The van der Waals surface area contributed by atoms with Crippen LogP contribution in [0, 0.1) is 0 Å². The number of hydrogen-bond donors (Lipinski definition) is 0. The Balaban J connectivity index is 1.49. The number of ether oxygens (including phenoxy) is 1. The first-order valence-electron chi connectivity index (χ1n) is 10.0. The third-order valence-corrected chi connectivity index (χ3v) is 4.68. The van der Waals surface area contributed by atoms with Crippen LogP contribution in [-0.2, 0) is 13.2 Å². The van der Waals surface area contributed by atoms with E-state index in [2.05, 4.69) is 48.5 Å². The van der Waals surface area contributed by atoms with E-state index >= 15 is 0 Å². The van der Waals surface area contributed by atoms with Crippen molar-refractivity contribution in [3.05, 3.63) is 132 Å². The Labute approximate surface area is 177 Å². The highest BCUT2D eigenvalue weighted by Crippen LogP contribution is 2.18. The van der Waals surface area contributed by atoms with Gasteiger partial charge in [-0.25, -0.2) is 0 Å². The molecule has 4 aromatic carbocycles. The molecule has 0 aliphatic carbocycles. The predicted molar refractivity (Wildman–Crippen MR) is 124 cm³/mol. The van der Waals surface area contributed by atoms with Gasteiger partial charge in [0.2, 0.25) is 0 Å². The molecular weight excluding hydrogens is 368 g/mol. The standard InChI is InChI=1S/C27H24N2O/c1-4-11-23(12-5-1)21-29(26-16-8-3-9-17-26)28-20-25-15-10-18-27(19-25)30-22-24-13-6-2-7-14-24/h1-20H,21-22H2. The molecule has 148 valence electrons. The summed E-state index contributed by atoms with van der Waals surface area (Å²) in [6.45, 7) is 1.25. The molecule has 0 aromatic heterocycles. The van der Waals surface area contributed by atoms with Crippen LogP contribution in [0.4, 0.5) is 5.69 Å². The van der Waals surface area contributed by atoms with Gasteiger partial charge in [0.1, 0.15) is 12.4 Å². The smallest absolute Gasteiger partial charge is 0.120 e. The SMILES string of the molecule is C(=NN(Cc1ccccc1)c1ccccc1)c1cccc(OCc2ccccc2)c1. The summed E-state index contributed by atoms with van der Waals surface area (Å²) in [5.74, 6) is 0.831. The van der Waals surface area contributed by atoms with Crippen molar-refractivity contribution in [3.8, 4) is 5.75 Å². The summed E-state index contributed by atoms with van der Waals surface area (Å²) in [6.07, 6.45) is 1.88. The quantitative estimate of drug-likeness (QED) is 0.259. The first kappa shape index (κ1) is 19.5. The highest BCUT2D eigenvalue weighted by atomic mass is 16.5. The minimum absolute atomic E-state index is 0.547. The van der Waals surface area contributed by atoms with Crippen molar-refractivity contribution in [1.29, 1.82) is 0 Å². The molecule has 0 N–H and O–H groups in total. The van der Waals surface area contributed by atoms with E-state index in [1.54, 1.807) is 0 Å². The minimum atomic E-state index is 0.547. The fourth-order valence-corrected chi connectivity index (χ4v) is 3.12. The number of hydrogen-bond acceptors (Lipinski definition) is 3. The number of benzene rings is 4. The zero-order valence-electron chi connectivity index (χ0n) is 16.8. The van der Waals surface area contributed by atoms with Crippen LogP contribution >= 0.6 is 0 Å². The Bertz CT molecular complexity index is 1060. The lowest BCUT2D eigenvalue weighted by atomic mass is 10.2. The van der Waals surface area contributed by atoms with Crippen LogP contribution in [0.3, 0.4) is 0 Å². The van der Waals surface area contributed by atoms with Crippen molar-refractivity contribution in [2.75, 3.05) is 5.01 Å². The zero-order valence-corrected chi connectivity index (χ0v) is 16.8. The second-order valence-electron chi connectivity index (χ2n) is 6.97. The van der Waals surface area contributed by atoms with Gasteiger partial charge in [0.15, 0.2) is 0 Å². The minimum Gasteiger partial charge on any atom is -0.489 e. The van der Waals surface area contributed by atoms with Crippen molar-refractivity contribution in [3.63, 3.8) is 0 Å². The van der Waals surface area contributed by atoms with Gasteiger partial charge in [-0.3, -0.25) is 5.01 Å². The second-order valence-corrected chi connectivity index (χ2v) is 6.97. The van der Waals surface area contributed by atoms with Crippen molar-refractivity contribution in [2.24, 2.45) is 5.10 Å². The van der Waals surface area contributed by atoms with Crippen LogP contribution in [-0.4, -0.2) is 6.21 Å². The average Bonchev–Trinajstić information content (AvgIpc) is 2.82. The van der Waals surface area contributed by atoms with Gasteiger partial charge in [-0.15, -0.1) is 0 Å². The van der Waals surface area contributed by atoms with Crippen LogP contribution in [0.25, 0.3) is 0 Å².